The molecule has 0 N–H and O–H groups in total. The van der Waals surface area contributed by atoms with Gasteiger partial charge in [0.05, 0.1) is 16.6 Å². The van der Waals surface area contributed by atoms with Crippen LogP contribution in [0, 0.1) is 17.0 Å². The van der Waals surface area contributed by atoms with E-state index in [1.165, 1.54) is 24.5 Å². The fourth-order valence-electron chi connectivity index (χ4n) is 3.00. The SMILES string of the molecule is Cc1ccc2c(=O)c(OCC(=O)c3cccc([N+](=O)[O-])c3)c(-c3ccco3)oc2c1. The smallest absolute Gasteiger partial charge is 0.270 e. The molecule has 0 saturated carbocycles. The molecule has 4 aromatic rings. The van der Waals surface area contributed by atoms with Crippen LogP contribution in [0.4, 0.5) is 5.69 Å². The van der Waals surface area contributed by atoms with Crippen molar-refractivity contribution in [3.63, 3.8) is 0 Å². The number of ether oxygens (including phenoxy) is 1. The molecule has 0 bridgehead atoms. The minimum absolute atomic E-state index is 0.0648. The van der Waals surface area contributed by atoms with Crippen LogP contribution in [0.15, 0.2) is 74.5 Å². The van der Waals surface area contributed by atoms with Crippen LogP contribution in [0.5, 0.6) is 5.75 Å². The van der Waals surface area contributed by atoms with Crippen LogP contribution >= 0.6 is 0 Å². The standard InChI is InChI=1S/C22H15NO7/c1-13-7-8-16-19(10-13)30-21(18-6-3-9-28-18)22(20(16)25)29-12-17(24)14-4-2-5-15(11-14)23(26)27/h2-11H,12H2,1H3. The number of non-ortho nitro benzene ring substituents is 1. The summed E-state index contributed by atoms with van der Waals surface area (Å²) in [7, 11) is 0. The first-order valence-electron chi connectivity index (χ1n) is 8.96. The molecule has 4 rings (SSSR count). The van der Waals surface area contributed by atoms with Crippen molar-refractivity contribution in [2.24, 2.45) is 0 Å². The van der Waals surface area contributed by atoms with E-state index in [2.05, 4.69) is 0 Å². The average molecular weight is 405 g/mol. The summed E-state index contributed by atoms with van der Waals surface area (Å²) < 4.78 is 16.8. The first kappa shape index (κ1) is 19.1. The lowest BCUT2D eigenvalue weighted by molar-refractivity contribution is -0.384. The molecule has 0 aliphatic carbocycles. The Morgan fingerprint density at radius 2 is 1.97 bits per heavy atom. The fraction of sp³-hybridized carbons (Fsp3) is 0.0909. The number of hydrogen-bond acceptors (Lipinski definition) is 7. The quantitative estimate of drug-likeness (QED) is 0.263. The van der Waals surface area contributed by atoms with E-state index in [1.54, 1.807) is 30.3 Å². The van der Waals surface area contributed by atoms with Crippen molar-refractivity contribution < 1.29 is 23.3 Å². The molecule has 2 aromatic heterocycles. The van der Waals surface area contributed by atoms with E-state index in [4.69, 9.17) is 13.6 Å². The predicted octanol–water partition coefficient (Wildman–Crippen LogP) is 4.53. The Morgan fingerprint density at radius 3 is 2.70 bits per heavy atom. The largest absolute Gasteiger partial charge is 0.478 e. The number of carbonyl (C=O) groups is 1. The maximum atomic E-state index is 13.0. The normalized spacial score (nSPS) is 10.8. The number of nitro groups is 1. The number of nitro benzene ring substituents is 1. The Balaban J connectivity index is 1.72. The van der Waals surface area contributed by atoms with E-state index in [9.17, 15) is 19.7 Å². The van der Waals surface area contributed by atoms with Crippen LogP contribution in [-0.2, 0) is 0 Å². The third-order valence-electron chi connectivity index (χ3n) is 4.48. The Labute approximate surface area is 169 Å². The summed E-state index contributed by atoms with van der Waals surface area (Å²) >= 11 is 0. The van der Waals surface area contributed by atoms with Gasteiger partial charge in [0.25, 0.3) is 5.69 Å². The number of furan rings is 1. The Hall–Kier alpha value is -4.20. The fourth-order valence-corrected chi connectivity index (χ4v) is 3.00. The zero-order chi connectivity index (χ0) is 21.3. The number of nitrogens with zero attached hydrogens (tertiary/aromatic N) is 1. The van der Waals surface area contributed by atoms with Gasteiger partial charge in [0.1, 0.15) is 5.58 Å². The van der Waals surface area contributed by atoms with E-state index in [1.807, 2.05) is 6.92 Å². The van der Waals surface area contributed by atoms with E-state index < -0.39 is 22.7 Å². The lowest BCUT2D eigenvalue weighted by atomic mass is 10.1. The molecular formula is C22H15NO7. The summed E-state index contributed by atoms with van der Waals surface area (Å²) in [6.45, 7) is 1.37. The van der Waals surface area contributed by atoms with Crippen LogP contribution < -0.4 is 10.2 Å². The summed E-state index contributed by atoms with van der Waals surface area (Å²) in [4.78, 5) is 35.9. The number of benzene rings is 2. The Bertz CT molecular complexity index is 1320. The van der Waals surface area contributed by atoms with Crippen LogP contribution in [0.1, 0.15) is 15.9 Å². The van der Waals surface area contributed by atoms with Gasteiger partial charge in [0.2, 0.25) is 16.9 Å². The Morgan fingerprint density at radius 1 is 1.13 bits per heavy atom. The van der Waals surface area contributed by atoms with E-state index in [-0.39, 0.29) is 28.5 Å². The minimum Gasteiger partial charge on any atom is -0.478 e. The third kappa shape index (κ3) is 3.58. The molecule has 0 aliphatic rings. The number of carbonyl (C=O) groups excluding carboxylic acids is 1. The predicted molar refractivity (Wildman–Crippen MR) is 108 cm³/mol. The summed E-state index contributed by atoms with van der Waals surface area (Å²) in [6.07, 6.45) is 1.42. The zero-order valence-electron chi connectivity index (χ0n) is 15.8. The van der Waals surface area contributed by atoms with Crippen molar-refractivity contribution in [1.29, 1.82) is 0 Å². The van der Waals surface area contributed by atoms with Gasteiger partial charge in [-0.05, 0) is 36.8 Å². The highest BCUT2D eigenvalue weighted by Gasteiger charge is 2.21. The average Bonchev–Trinajstić information content (AvgIpc) is 3.27. The lowest BCUT2D eigenvalue weighted by Gasteiger charge is -2.10. The first-order chi connectivity index (χ1) is 14.4. The van der Waals surface area contributed by atoms with E-state index in [0.717, 1.165) is 11.6 Å². The van der Waals surface area contributed by atoms with Crippen LogP contribution in [0.25, 0.3) is 22.5 Å². The van der Waals surface area contributed by atoms with Gasteiger partial charge in [0, 0.05) is 17.7 Å². The van der Waals surface area contributed by atoms with Gasteiger partial charge in [-0.3, -0.25) is 19.7 Å². The highest BCUT2D eigenvalue weighted by atomic mass is 16.6. The second kappa shape index (κ2) is 7.67. The molecule has 2 heterocycles. The second-order valence-corrected chi connectivity index (χ2v) is 6.59. The van der Waals surface area contributed by atoms with Crippen molar-refractivity contribution >= 4 is 22.4 Å². The van der Waals surface area contributed by atoms with E-state index >= 15 is 0 Å². The maximum absolute atomic E-state index is 13.0. The molecule has 0 unspecified atom stereocenters. The van der Waals surface area contributed by atoms with Crippen molar-refractivity contribution in [2.75, 3.05) is 6.61 Å². The number of Topliss-reactive ketones (excluding diaryl/α,β-unsaturated/α-hetero) is 1. The van der Waals surface area contributed by atoms with Gasteiger partial charge >= 0.3 is 0 Å². The third-order valence-corrected chi connectivity index (χ3v) is 4.48. The molecule has 0 amide bonds. The summed E-state index contributed by atoms with van der Waals surface area (Å²) in [5.41, 5.74) is 0.714. The van der Waals surface area contributed by atoms with Gasteiger partial charge in [-0.15, -0.1) is 0 Å². The van der Waals surface area contributed by atoms with Crippen LogP contribution in [-0.4, -0.2) is 17.3 Å². The molecule has 2 aromatic carbocycles. The summed E-state index contributed by atoms with van der Waals surface area (Å²) in [5, 5.41) is 11.2. The topological polar surface area (TPSA) is 113 Å². The first-order valence-corrected chi connectivity index (χ1v) is 8.96. The van der Waals surface area contributed by atoms with Crippen molar-refractivity contribution in [1.82, 2.24) is 0 Å². The number of aryl methyl sites for hydroxylation is 1. The van der Waals surface area contributed by atoms with Gasteiger partial charge in [0.15, 0.2) is 18.2 Å². The van der Waals surface area contributed by atoms with Gasteiger partial charge in [-0.25, -0.2) is 0 Å². The zero-order valence-corrected chi connectivity index (χ0v) is 15.8. The highest BCUT2D eigenvalue weighted by Crippen LogP contribution is 2.31. The summed E-state index contributed by atoms with van der Waals surface area (Å²) in [6, 6.07) is 13.6. The molecule has 0 saturated heterocycles. The number of fused-ring (bicyclic) bond motifs is 1. The molecule has 8 heteroatoms. The number of hydrogen-bond donors (Lipinski definition) is 0. The molecule has 0 atom stereocenters. The van der Waals surface area contributed by atoms with E-state index in [0.29, 0.717) is 11.0 Å². The molecule has 150 valence electrons. The van der Waals surface area contributed by atoms with Crippen LogP contribution in [0.2, 0.25) is 0 Å². The summed E-state index contributed by atoms with van der Waals surface area (Å²) in [5.74, 6) is -0.351. The Kier molecular flexibility index (Phi) is 4.89. The maximum Gasteiger partial charge on any atom is 0.270 e. The van der Waals surface area contributed by atoms with Gasteiger partial charge < -0.3 is 13.6 Å². The lowest BCUT2D eigenvalue weighted by Crippen LogP contribution is -2.17. The second-order valence-electron chi connectivity index (χ2n) is 6.59. The number of rotatable bonds is 6. The molecule has 0 spiro atoms. The van der Waals surface area contributed by atoms with Crippen molar-refractivity contribution in [3.05, 3.63) is 92.3 Å². The minimum atomic E-state index is -0.591. The molecule has 0 fully saturated rings. The van der Waals surface area contributed by atoms with Crippen molar-refractivity contribution in [2.45, 2.75) is 6.92 Å². The van der Waals surface area contributed by atoms with Gasteiger partial charge in [-0.2, -0.15) is 0 Å². The monoisotopic (exact) mass is 405 g/mol. The highest BCUT2D eigenvalue weighted by molar-refractivity contribution is 5.98. The molecule has 8 nitrogen and oxygen atoms in total. The molecule has 30 heavy (non-hydrogen) atoms. The molecule has 0 radical (unpaired) electrons. The van der Waals surface area contributed by atoms with Gasteiger partial charge in [-0.1, -0.05) is 18.2 Å². The number of ketones is 1. The van der Waals surface area contributed by atoms with Crippen LogP contribution in [0.3, 0.4) is 0 Å². The molecular weight excluding hydrogens is 390 g/mol. The molecule has 0 aliphatic heterocycles. The van der Waals surface area contributed by atoms with Crippen molar-refractivity contribution in [3.8, 4) is 17.3 Å².